The van der Waals surface area contributed by atoms with Gasteiger partial charge in [0.2, 0.25) is 5.91 Å². The highest BCUT2D eigenvalue weighted by atomic mass is 16.1. The molecule has 1 unspecified atom stereocenters. The minimum atomic E-state index is 0.132. The molecular weight excluding hydrogens is 272 g/mol. The summed E-state index contributed by atoms with van der Waals surface area (Å²) in [6.45, 7) is 2.73. The fourth-order valence-electron chi connectivity index (χ4n) is 3.36. The van der Waals surface area contributed by atoms with E-state index >= 15 is 0 Å². The Labute approximate surface area is 133 Å². The molecule has 1 amide bonds. The molecular formula is C19H26N2O. The predicted molar refractivity (Wildman–Crippen MR) is 88.0 cm³/mol. The van der Waals surface area contributed by atoms with Crippen LogP contribution in [-0.2, 0) is 11.3 Å². The van der Waals surface area contributed by atoms with Gasteiger partial charge in [0.15, 0.2) is 0 Å². The van der Waals surface area contributed by atoms with Crippen LogP contribution < -0.4 is 5.32 Å². The Hall–Kier alpha value is -1.82. The summed E-state index contributed by atoms with van der Waals surface area (Å²) in [7, 11) is 0. The van der Waals surface area contributed by atoms with Crippen LogP contribution in [0.4, 0.5) is 0 Å². The zero-order valence-electron chi connectivity index (χ0n) is 13.5. The fraction of sp³-hybridized carbons (Fsp3) is 0.579. The van der Waals surface area contributed by atoms with E-state index in [-0.39, 0.29) is 5.91 Å². The van der Waals surface area contributed by atoms with Gasteiger partial charge < -0.3 is 5.32 Å². The summed E-state index contributed by atoms with van der Waals surface area (Å²) in [6, 6.07) is 9.45. The Morgan fingerprint density at radius 1 is 1.27 bits per heavy atom. The van der Waals surface area contributed by atoms with Crippen LogP contribution in [0.1, 0.15) is 63.0 Å². The number of carbonyl (C=O) groups excluding carboxylic acids is 1. The molecule has 0 radical (unpaired) electrons. The van der Waals surface area contributed by atoms with E-state index in [1.165, 1.54) is 38.5 Å². The lowest BCUT2D eigenvalue weighted by Crippen LogP contribution is -2.25. The van der Waals surface area contributed by atoms with E-state index in [2.05, 4.69) is 18.3 Å². The molecule has 1 saturated carbocycles. The van der Waals surface area contributed by atoms with Gasteiger partial charge in [0.25, 0.3) is 0 Å². The molecule has 0 aliphatic heterocycles. The second kappa shape index (κ2) is 8.58. The van der Waals surface area contributed by atoms with Crippen molar-refractivity contribution in [3.05, 3.63) is 35.4 Å². The Morgan fingerprint density at radius 2 is 1.95 bits per heavy atom. The van der Waals surface area contributed by atoms with Gasteiger partial charge in [-0.2, -0.15) is 5.26 Å². The summed E-state index contributed by atoms with van der Waals surface area (Å²) >= 11 is 0. The normalized spacial score (nSPS) is 16.7. The Kier molecular flexibility index (Phi) is 6.45. The second-order valence-electron chi connectivity index (χ2n) is 6.63. The van der Waals surface area contributed by atoms with Crippen LogP contribution in [0.3, 0.4) is 0 Å². The fourth-order valence-corrected chi connectivity index (χ4v) is 3.36. The number of benzene rings is 1. The molecule has 3 nitrogen and oxygen atoms in total. The lowest BCUT2D eigenvalue weighted by Gasteiger charge is -2.24. The number of amides is 1. The van der Waals surface area contributed by atoms with Crippen LogP contribution in [0.5, 0.6) is 0 Å². The van der Waals surface area contributed by atoms with E-state index in [9.17, 15) is 4.79 Å². The van der Waals surface area contributed by atoms with E-state index in [1.807, 2.05) is 12.1 Å². The van der Waals surface area contributed by atoms with Gasteiger partial charge >= 0.3 is 0 Å². The van der Waals surface area contributed by atoms with E-state index in [1.54, 1.807) is 12.1 Å². The van der Waals surface area contributed by atoms with Crippen LogP contribution in [0.2, 0.25) is 0 Å². The first-order valence-electron chi connectivity index (χ1n) is 8.43. The van der Waals surface area contributed by atoms with E-state index in [0.29, 0.717) is 24.4 Å². The zero-order valence-corrected chi connectivity index (χ0v) is 13.5. The minimum Gasteiger partial charge on any atom is -0.352 e. The van der Waals surface area contributed by atoms with Crippen molar-refractivity contribution in [2.45, 2.75) is 58.4 Å². The molecule has 0 aromatic heterocycles. The summed E-state index contributed by atoms with van der Waals surface area (Å²) in [6.07, 6.45) is 8.60. The van der Waals surface area contributed by atoms with Gasteiger partial charge in [-0.15, -0.1) is 0 Å². The van der Waals surface area contributed by atoms with Gasteiger partial charge in [0, 0.05) is 13.0 Å². The first kappa shape index (κ1) is 16.5. The van der Waals surface area contributed by atoms with Crippen molar-refractivity contribution in [1.82, 2.24) is 5.32 Å². The highest BCUT2D eigenvalue weighted by Crippen LogP contribution is 2.29. The predicted octanol–water partition coefficient (Wildman–Crippen LogP) is 4.17. The van der Waals surface area contributed by atoms with Gasteiger partial charge in [0.1, 0.15) is 0 Å². The first-order valence-corrected chi connectivity index (χ1v) is 8.43. The molecule has 1 N–H and O–H groups in total. The number of carbonyl (C=O) groups is 1. The third-order valence-corrected chi connectivity index (χ3v) is 4.57. The lowest BCUT2D eigenvalue weighted by atomic mass is 9.82. The maximum Gasteiger partial charge on any atom is 0.220 e. The van der Waals surface area contributed by atoms with Gasteiger partial charge in [-0.3, -0.25) is 4.79 Å². The highest BCUT2D eigenvalue weighted by Gasteiger charge is 2.18. The summed E-state index contributed by atoms with van der Waals surface area (Å²) in [5.74, 6) is 1.42. The van der Waals surface area contributed by atoms with Crippen LogP contribution in [0.25, 0.3) is 0 Å². The van der Waals surface area contributed by atoms with Crippen molar-refractivity contribution in [3.8, 4) is 6.07 Å². The summed E-state index contributed by atoms with van der Waals surface area (Å²) < 4.78 is 0. The third kappa shape index (κ3) is 5.52. The van der Waals surface area contributed by atoms with Crippen molar-refractivity contribution in [3.63, 3.8) is 0 Å². The number of nitrogens with zero attached hydrogens (tertiary/aromatic N) is 1. The second-order valence-corrected chi connectivity index (χ2v) is 6.63. The minimum absolute atomic E-state index is 0.132. The SMILES string of the molecule is CC(CC(=O)NCc1ccc(C#N)cc1)CC1CCCCC1. The van der Waals surface area contributed by atoms with E-state index in [4.69, 9.17) is 5.26 Å². The highest BCUT2D eigenvalue weighted by molar-refractivity contribution is 5.76. The summed E-state index contributed by atoms with van der Waals surface area (Å²) in [5.41, 5.74) is 1.68. The molecule has 1 fully saturated rings. The molecule has 0 bridgehead atoms. The maximum atomic E-state index is 12.0. The van der Waals surface area contributed by atoms with Crippen molar-refractivity contribution in [2.24, 2.45) is 11.8 Å². The molecule has 1 aromatic carbocycles. The van der Waals surface area contributed by atoms with Crippen LogP contribution >= 0.6 is 0 Å². The van der Waals surface area contributed by atoms with Gasteiger partial charge in [-0.1, -0.05) is 51.2 Å². The monoisotopic (exact) mass is 298 g/mol. The number of nitriles is 1. The van der Waals surface area contributed by atoms with E-state index in [0.717, 1.165) is 11.5 Å². The van der Waals surface area contributed by atoms with E-state index < -0.39 is 0 Å². The van der Waals surface area contributed by atoms with Crippen molar-refractivity contribution >= 4 is 5.91 Å². The summed E-state index contributed by atoms with van der Waals surface area (Å²) in [4.78, 5) is 12.0. The Balaban J connectivity index is 1.69. The van der Waals surface area contributed by atoms with Crippen LogP contribution in [0, 0.1) is 23.2 Å². The number of rotatable bonds is 6. The standard InChI is InChI=1S/C19H26N2O/c1-15(11-16-5-3-2-4-6-16)12-19(22)21-14-18-9-7-17(13-20)8-10-18/h7-10,15-16H,2-6,11-12,14H2,1H3,(H,21,22). The Morgan fingerprint density at radius 3 is 2.59 bits per heavy atom. The first-order chi connectivity index (χ1) is 10.7. The van der Waals surface area contributed by atoms with Gasteiger partial charge in [0.05, 0.1) is 11.6 Å². The van der Waals surface area contributed by atoms with Gasteiger partial charge in [-0.25, -0.2) is 0 Å². The molecule has 3 heteroatoms. The number of nitrogens with one attached hydrogen (secondary N) is 1. The Bertz CT molecular complexity index is 509. The molecule has 1 aliphatic carbocycles. The molecule has 1 aliphatic rings. The zero-order chi connectivity index (χ0) is 15.8. The van der Waals surface area contributed by atoms with Crippen LogP contribution in [0.15, 0.2) is 24.3 Å². The van der Waals surface area contributed by atoms with Gasteiger partial charge in [-0.05, 0) is 36.0 Å². The average Bonchev–Trinajstić information content (AvgIpc) is 2.54. The molecule has 1 atom stereocenters. The molecule has 0 heterocycles. The molecule has 2 rings (SSSR count). The largest absolute Gasteiger partial charge is 0.352 e. The number of hydrogen-bond acceptors (Lipinski definition) is 2. The molecule has 118 valence electrons. The maximum absolute atomic E-state index is 12.0. The molecule has 1 aromatic rings. The summed E-state index contributed by atoms with van der Waals surface area (Å²) in [5, 5.41) is 11.7. The van der Waals surface area contributed by atoms with Crippen molar-refractivity contribution in [1.29, 1.82) is 5.26 Å². The topological polar surface area (TPSA) is 52.9 Å². The smallest absolute Gasteiger partial charge is 0.220 e. The van der Waals surface area contributed by atoms with Crippen molar-refractivity contribution in [2.75, 3.05) is 0 Å². The molecule has 0 spiro atoms. The third-order valence-electron chi connectivity index (χ3n) is 4.57. The molecule has 0 saturated heterocycles. The lowest BCUT2D eigenvalue weighted by molar-refractivity contribution is -0.122. The van der Waals surface area contributed by atoms with Crippen molar-refractivity contribution < 1.29 is 4.79 Å². The number of hydrogen-bond donors (Lipinski definition) is 1. The quantitative estimate of drug-likeness (QED) is 0.857. The average molecular weight is 298 g/mol. The van der Waals surface area contributed by atoms with Crippen LogP contribution in [-0.4, -0.2) is 5.91 Å². The molecule has 22 heavy (non-hydrogen) atoms.